The Morgan fingerprint density at radius 2 is 2.09 bits per heavy atom. The number of anilines is 1. The van der Waals surface area contributed by atoms with Gasteiger partial charge in [0, 0.05) is 23.1 Å². The SMILES string of the molecule is Cc1nc(-c2ccc(NC(=O)C[C@@H]3C[C@@H]4CC[C@@H]3C4)cc2)cs1. The number of hydrogen-bond donors (Lipinski definition) is 1. The van der Waals surface area contributed by atoms with Gasteiger partial charge in [0.25, 0.3) is 0 Å². The van der Waals surface area contributed by atoms with Crippen molar-refractivity contribution in [2.24, 2.45) is 17.8 Å². The van der Waals surface area contributed by atoms with Gasteiger partial charge in [0.15, 0.2) is 0 Å². The zero-order chi connectivity index (χ0) is 15.8. The Kier molecular flexibility index (Phi) is 3.93. The number of carbonyl (C=O) groups excluding carboxylic acids is 1. The van der Waals surface area contributed by atoms with Crippen molar-refractivity contribution < 1.29 is 4.79 Å². The van der Waals surface area contributed by atoms with Gasteiger partial charge in [-0.05, 0) is 56.1 Å². The maximum Gasteiger partial charge on any atom is 0.224 e. The molecule has 1 amide bonds. The maximum absolute atomic E-state index is 12.3. The van der Waals surface area contributed by atoms with Gasteiger partial charge in [-0.25, -0.2) is 4.98 Å². The summed E-state index contributed by atoms with van der Waals surface area (Å²) in [7, 11) is 0. The highest BCUT2D eigenvalue weighted by Crippen LogP contribution is 2.49. The van der Waals surface area contributed by atoms with Crippen molar-refractivity contribution in [1.29, 1.82) is 0 Å². The van der Waals surface area contributed by atoms with E-state index in [1.165, 1.54) is 25.7 Å². The van der Waals surface area contributed by atoms with Crippen LogP contribution in [0.2, 0.25) is 0 Å². The molecule has 0 radical (unpaired) electrons. The Bertz CT molecular complexity index is 706. The average Bonchev–Trinajstić information content (AvgIpc) is 3.25. The van der Waals surface area contributed by atoms with Crippen molar-refractivity contribution in [1.82, 2.24) is 4.98 Å². The molecule has 2 aromatic rings. The van der Waals surface area contributed by atoms with Gasteiger partial charge >= 0.3 is 0 Å². The van der Waals surface area contributed by atoms with Gasteiger partial charge < -0.3 is 5.32 Å². The quantitative estimate of drug-likeness (QED) is 0.869. The first-order valence-electron chi connectivity index (χ1n) is 8.50. The fraction of sp³-hybridized carbons (Fsp3) is 0.474. The molecule has 1 aromatic heterocycles. The van der Waals surface area contributed by atoms with E-state index >= 15 is 0 Å². The zero-order valence-corrected chi connectivity index (χ0v) is 14.2. The smallest absolute Gasteiger partial charge is 0.224 e. The lowest BCUT2D eigenvalue weighted by atomic mass is 9.86. The van der Waals surface area contributed by atoms with Gasteiger partial charge in [0.2, 0.25) is 5.91 Å². The number of rotatable bonds is 4. The number of nitrogens with one attached hydrogen (secondary N) is 1. The highest BCUT2D eigenvalue weighted by atomic mass is 32.1. The first kappa shape index (κ1) is 14.9. The van der Waals surface area contributed by atoms with Crippen LogP contribution >= 0.6 is 11.3 Å². The molecule has 3 atom stereocenters. The van der Waals surface area contributed by atoms with E-state index in [0.29, 0.717) is 12.3 Å². The monoisotopic (exact) mass is 326 g/mol. The first-order chi connectivity index (χ1) is 11.2. The molecule has 0 unspecified atom stereocenters. The molecule has 1 aromatic carbocycles. The molecule has 120 valence electrons. The summed E-state index contributed by atoms with van der Waals surface area (Å²) in [5.74, 6) is 2.49. The molecule has 4 heteroatoms. The van der Waals surface area contributed by atoms with Crippen molar-refractivity contribution in [2.75, 3.05) is 5.32 Å². The van der Waals surface area contributed by atoms with Gasteiger partial charge in [0.1, 0.15) is 0 Å². The molecule has 2 fully saturated rings. The number of amides is 1. The minimum Gasteiger partial charge on any atom is -0.326 e. The number of carbonyl (C=O) groups is 1. The molecule has 1 N–H and O–H groups in total. The fourth-order valence-corrected chi connectivity index (χ4v) is 4.92. The van der Waals surface area contributed by atoms with Crippen LogP contribution in [-0.2, 0) is 4.79 Å². The van der Waals surface area contributed by atoms with E-state index in [1.807, 2.05) is 31.2 Å². The van der Waals surface area contributed by atoms with E-state index < -0.39 is 0 Å². The summed E-state index contributed by atoms with van der Waals surface area (Å²) < 4.78 is 0. The molecule has 0 saturated heterocycles. The van der Waals surface area contributed by atoms with Crippen LogP contribution in [0, 0.1) is 24.7 Å². The van der Waals surface area contributed by atoms with Crippen molar-refractivity contribution in [3.05, 3.63) is 34.7 Å². The Labute approximate surface area is 141 Å². The normalized spacial score (nSPS) is 25.7. The number of thiazole rings is 1. The van der Waals surface area contributed by atoms with Crippen LogP contribution in [0.1, 0.15) is 37.1 Å². The minimum atomic E-state index is 0.166. The number of hydrogen-bond acceptors (Lipinski definition) is 3. The van der Waals surface area contributed by atoms with E-state index in [0.717, 1.165) is 33.8 Å². The summed E-state index contributed by atoms with van der Waals surface area (Å²) in [5, 5.41) is 6.20. The molecule has 4 rings (SSSR count). The third-order valence-electron chi connectivity index (χ3n) is 5.42. The third kappa shape index (κ3) is 3.18. The highest BCUT2D eigenvalue weighted by molar-refractivity contribution is 7.09. The lowest BCUT2D eigenvalue weighted by molar-refractivity contribution is -0.117. The van der Waals surface area contributed by atoms with E-state index in [-0.39, 0.29) is 5.91 Å². The summed E-state index contributed by atoms with van der Waals surface area (Å²) in [6.07, 6.45) is 6.04. The van der Waals surface area contributed by atoms with Crippen LogP contribution in [0.5, 0.6) is 0 Å². The average molecular weight is 326 g/mol. The van der Waals surface area contributed by atoms with Crippen LogP contribution in [-0.4, -0.2) is 10.9 Å². The molecule has 2 saturated carbocycles. The Morgan fingerprint density at radius 3 is 2.70 bits per heavy atom. The van der Waals surface area contributed by atoms with Crippen molar-refractivity contribution in [3.63, 3.8) is 0 Å². The Morgan fingerprint density at radius 1 is 1.26 bits per heavy atom. The van der Waals surface area contributed by atoms with E-state index in [1.54, 1.807) is 11.3 Å². The molecule has 2 bridgehead atoms. The first-order valence-corrected chi connectivity index (χ1v) is 9.38. The molecule has 0 aliphatic heterocycles. The topological polar surface area (TPSA) is 42.0 Å². The van der Waals surface area contributed by atoms with E-state index in [2.05, 4.69) is 15.7 Å². The molecule has 2 aliphatic carbocycles. The third-order valence-corrected chi connectivity index (χ3v) is 6.19. The lowest BCUT2D eigenvalue weighted by Gasteiger charge is -2.20. The zero-order valence-electron chi connectivity index (χ0n) is 13.4. The minimum absolute atomic E-state index is 0.166. The van der Waals surface area contributed by atoms with Crippen molar-refractivity contribution >= 4 is 22.9 Å². The van der Waals surface area contributed by atoms with E-state index in [9.17, 15) is 4.79 Å². The molecular weight excluding hydrogens is 304 g/mol. The molecule has 23 heavy (non-hydrogen) atoms. The van der Waals surface area contributed by atoms with E-state index in [4.69, 9.17) is 0 Å². The van der Waals surface area contributed by atoms with Gasteiger partial charge in [-0.1, -0.05) is 18.6 Å². The van der Waals surface area contributed by atoms with Crippen LogP contribution in [0.25, 0.3) is 11.3 Å². The van der Waals surface area contributed by atoms with Gasteiger partial charge in [0.05, 0.1) is 10.7 Å². The molecule has 2 aliphatic rings. The summed E-state index contributed by atoms with van der Waals surface area (Å²) in [6.45, 7) is 2.01. The fourth-order valence-electron chi connectivity index (χ4n) is 4.30. The van der Waals surface area contributed by atoms with Crippen molar-refractivity contribution in [2.45, 2.75) is 39.0 Å². The second-order valence-electron chi connectivity index (χ2n) is 7.02. The number of nitrogens with zero attached hydrogens (tertiary/aromatic N) is 1. The van der Waals surface area contributed by atoms with Gasteiger partial charge in [-0.15, -0.1) is 11.3 Å². The summed E-state index contributed by atoms with van der Waals surface area (Å²) in [6, 6.07) is 8.01. The van der Waals surface area contributed by atoms with Crippen LogP contribution < -0.4 is 5.32 Å². The largest absolute Gasteiger partial charge is 0.326 e. The lowest BCUT2D eigenvalue weighted by Crippen LogP contribution is -2.20. The van der Waals surface area contributed by atoms with Crippen LogP contribution in [0.3, 0.4) is 0 Å². The summed E-state index contributed by atoms with van der Waals surface area (Å²) >= 11 is 1.66. The van der Waals surface area contributed by atoms with Gasteiger partial charge in [-0.2, -0.15) is 0 Å². The molecule has 3 nitrogen and oxygen atoms in total. The molecule has 0 spiro atoms. The van der Waals surface area contributed by atoms with Crippen LogP contribution in [0.4, 0.5) is 5.69 Å². The van der Waals surface area contributed by atoms with Gasteiger partial charge in [-0.3, -0.25) is 4.79 Å². The van der Waals surface area contributed by atoms with Crippen molar-refractivity contribution in [3.8, 4) is 11.3 Å². The Hall–Kier alpha value is -1.68. The Balaban J connectivity index is 1.36. The molecular formula is C19H22N2OS. The standard InChI is InChI=1S/C19H22N2OS/c1-12-20-18(11-23-12)14-4-6-17(7-5-14)21-19(22)10-16-9-13-2-3-15(16)8-13/h4-7,11,13,15-16H,2-3,8-10H2,1H3,(H,21,22)/t13-,15-,16+/m1/s1. The summed E-state index contributed by atoms with van der Waals surface area (Å²) in [4.78, 5) is 16.8. The second kappa shape index (κ2) is 6.08. The summed E-state index contributed by atoms with van der Waals surface area (Å²) in [5.41, 5.74) is 2.99. The number of benzene rings is 1. The number of fused-ring (bicyclic) bond motifs is 2. The maximum atomic E-state index is 12.3. The predicted octanol–water partition coefficient (Wildman–Crippen LogP) is 4.88. The number of aryl methyl sites for hydroxylation is 1. The number of aromatic nitrogens is 1. The highest BCUT2D eigenvalue weighted by Gasteiger charge is 2.40. The molecule has 1 heterocycles. The predicted molar refractivity (Wildman–Crippen MR) is 94.5 cm³/mol. The second-order valence-corrected chi connectivity index (χ2v) is 8.08. The van der Waals surface area contributed by atoms with Crippen LogP contribution in [0.15, 0.2) is 29.6 Å².